The molecule has 0 aliphatic rings. The normalized spacial score (nSPS) is 7.00. The first-order chi connectivity index (χ1) is 3.65. The summed E-state index contributed by atoms with van der Waals surface area (Å²) in [5, 5.41) is 0. The van der Waals surface area contributed by atoms with Gasteiger partial charge in [-0.3, -0.25) is 0 Å². The number of terminal acetylenes is 1. The van der Waals surface area contributed by atoms with Gasteiger partial charge in [-0.15, -0.1) is 12.3 Å². The molecule has 0 fully saturated rings. The maximum Gasteiger partial charge on any atom is 0.00576 e. The van der Waals surface area contributed by atoms with Gasteiger partial charge in [0.1, 0.15) is 0 Å². The van der Waals surface area contributed by atoms with Crippen molar-refractivity contribution in [1.29, 1.82) is 0 Å². The molecule has 8 heavy (non-hydrogen) atoms. The van der Waals surface area contributed by atoms with Crippen LogP contribution in [-0.4, -0.2) is 0 Å². The molecule has 0 atom stereocenters. The Balaban J connectivity index is 0. The van der Waals surface area contributed by atoms with Gasteiger partial charge in [0, 0.05) is 6.42 Å². The van der Waals surface area contributed by atoms with E-state index in [1.165, 1.54) is 0 Å². The molecule has 0 spiro atoms. The van der Waals surface area contributed by atoms with Crippen LogP contribution < -0.4 is 0 Å². The lowest BCUT2D eigenvalue weighted by atomic mass is 10.3. The van der Waals surface area contributed by atoms with Crippen molar-refractivity contribution < 1.29 is 0 Å². The zero-order valence-corrected chi connectivity index (χ0v) is 6.36. The van der Waals surface area contributed by atoms with Crippen molar-refractivity contribution >= 4 is 0 Å². The van der Waals surface area contributed by atoms with Gasteiger partial charge in [-0.25, -0.2) is 0 Å². The lowest BCUT2D eigenvalue weighted by Gasteiger charge is -1.79. The van der Waals surface area contributed by atoms with Crippen LogP contribution in [0.5, 0.6) is 0 Å². The average Bonchev–Trinajstić information content (AvgIpc) is 1.65. The summed E-state index contributed by atoms with van der Waals surface area (Å²) in [6.45, 7) is 8.44. The van der Waals surface area contributed by atoms with Crippen LogP contribution in [0.1, 0.15) is 34.1 Å². The van der Waals surface area contributed by atoms with Gasteiger partial charge >= 0.3 is 0 Å². The van der Waals surface area contributed by atoms with Crippen LogP contribution in [0.15, 0.2) is 0 Å². The zero-order valence-electron chi connectivity index (χ0n) is 6.36. The highest BCUT2D eigenvalue weighted by molar-refractivity contribution is 4.80. The van der Waals surface area contributed by atoms with E-state index in [2.05, 4.69) is 26.7 Å². The molecule has 48 valence electrons. The van der Waals surface area contributed by atoms with Crippen molar-refractivity contribution in [2.24, 2.45) is 5.92 Å². The second kappa shape index (κ2) is 9.75. The minimum absolute atomic E-state index is 0.833. The average molecular weight is 112 g/mol. The minimum Gasteiger partial charge on any atom is -0.120 e. The first kappa shape index (κ1) is 10.5. The standard InChI is InChI=1S/C4H10.C4H6/c1-4(2)3;1-3-4-2/h4H,1-3H3;1H,4H2,2H3. The topological polar surface area (TPSA) is 0 Å². The maximum atomic E-state index is 4.78. The third-order valence-electron chi connectivity index (χ3n) is 0.204. The minimum atomic E-state index is 0.833. The number of hydrogen-bond acceptors (Lipinski definition) is 0. The molecule has 0 saturated carbocycles. The third-order valence-corrected chi connectivity index (χ3v) is 0.204. The molecule has 0 aliphatic heterocycles. The second-order valence-corrected chi connectivity index (χ2v) is 2.29. The maximum absolute atomic E-state index is 4.78. The van der Waals surface area contributed by atoms with Crippen molar-refractivity contribution in [2.45, 2.75) is 34.1 Å². The van der Waals surface area contributed by atoms with Crippen LogP contribution in [0.25, 0.3) is 0 Å². The van der Waals surface area contributed by atoms with Gasteiger partial charge in [0.2, 0.25) is 0 Å². The molecule has 0 amide bonds. The Bertz CT molecular complexity index is 52.2. The van der Waals surface area contributed by atoms with Gasteiger partial charge in [0.15, 0.2) is 0 Å². The third kappa shape index (κ3) is 369. The predicted octanol–water partition coefficient (Wildman–Crippen LogP) is 2.69. The van der Waals surface area contributed by atoms with Crippen LogP contribution in [0.3, 0.4) is 0 Å². The van der Waals surface area contributed by atoms with Gasteiger partial charge in [-0.2, -0.15) is 0 Å². The molecule has 0 heterocycles. The lowest BCUT2D eigenvalue weighted by molar-refractivity contribution is 0.737. The second-order valence-electron chi connectivity index (χ2n) is 2.29. The number of rotatable bonds is 0. The lowest BCUT2D eigenvalue weighted by Crippen LogP contribution is -1.66. The molecular formula is C8H16. The van der Waals surface area contributed by atoms with Gasteiger partial charge < -0.3 is 0 Å². The summed E-state index contributed by atoms with van der Waals surface area (Å²) in [5.41, 5.74) is 0. The Hall–Kier alpha value is -0.440. The summed E-state index contributed by atoms with van der Waals surface area (Å²) in [6.07, 6.45) is 5.62. The molecule has 0 aliphatic carbocycles. The van der Waals surface area contributed by atoms with Crippen LogP contribution in [0.4, 0.5) is 0 Å². The Morgan fingerprint density at radius 1 is 1.38 bits per heavy atom. The van der Waals surface area contributed by atoms with Crippen molar-refractivity contribution in [3.05, 3.63) is 0 Å². The smallest absolute Gasteiger partial charge is 0.00576 e. The van der Waals surface area contributed by atoms with Gasteiger partial charge in [-0.1, -0.05) is 27.7 Å². The Kier molecular flexibility index (Phi) is 12.8. The van der Waals surface area contributed by atoms with E-state index < -0.39 is 0 Å². The molecule has 0 rings (SSSR count). The van der Waals surface area contributed by atoms with Crippen molar-refractivity contribution in [1.82, 2.24) is 0 Å². The van der Waals surface area contributed by atoms with E-state index in [1.54, 1.807) is 0 Å². The van der Waals surface area contributed by atoms with Gasteiger partial charge in [0.05, 0.1) is 0 Å². The molecule has 0 aromatic heterocycles. The van der Waals surface area contributed by atoms with Crippen LogP contribution in [-0.2, 0) is 0 Å². The highest BCUT2D eigenvalue weighted by atomic mass is 13.7. The summed E-state index contributed by atoms with van der Waals surface area (Å²) in [5.74, 6) is 3.26. The molecule has 0 nitrogen and oxygen atoms in total. The molecule has 0 bridgehead atoms. The fourth-order valence-corrected chi connectivity index (χ4v) is 0. The van der Waals surface area contributed by atoms with Crippen LogP contribution in [0.2, 0.25) is 0 Å². The molecule has 0 saturated heterocycles. The van der Waals surface area contributed by atoms with E-state index >= 15 is 0 Å². The van der Waals surface area contributed by atoms with E-state index in [1.807, 2.05) is 6.92 Å². The quantitative estimate of drug-likeness (QED) is 0.423. The SMILES string of the molecule is C#CCC.CC(C)C. The highest BCUT2D eigenvalue weighted by Crippen LogP contribution is 1.81. The Morgan fingerprint density at radius 2 is 1.50 bits per heavy atom. The van der Waals surface area contributed by atoms with Crippen LogP contribution >= 0.6 is 0 Å². The van der Waals surface area contributed by atoms with E-state index in [0.29, 0.717) is 0 Å². The first-order valence-electron chi connectivity index (χ1n) is 3.08. The van der Waals surface area contributed by atoms with Crippen LogP contribution in [0, 0.1) is 18.3 Å². The van der Waals surface area contributed by atoms with Crippen molar-refractivity contribution in [3.63, 3.8) is 0 Å². The molecule has 0 heteroatoms. The molecular weight excluding hydrogens is 96.1 g/mol. The molecule has 0 aromatic carbocycles. The summed E-state index contributed by atoms with van der Waals surface area (Å²) in [6, 6.07) is 0. The van der Waals surface area contributed by atoms with Crippen molar-refractivity contribution in [2.75, 3.05) is 0 Å². The van der Waals surface area contributed by atoms with Crippen molar-refractivity contribution in [3.8, 4) is 12.3 Å². The monoisotopic (exact) mass is 112 g/mol. The molecule has 0 N–H and O–H groups in total. The largest absolute Gasteiger partial charge is 0.120 e. The van der Waals surface area contributed by atoms with Gasteiger partial charge in [0.25, 0.3) is 0 Å². The summed E-state index contributed by atoms with van der Waals surface area (Å²) in [7, 11) is 0. The molecule has 0 aromatic rings. The van der Waals surface area contributed by atoms with E-state index in [0.717, 1.165) is 12.3 Å². The fraction of sp³-hybridized carbons (Fsp3) is 0.750. The Morgan fingerprint density at radius 3 is 1.50 bits per heavy atom. The van der Waals surface area contributed by atoms with E-state index in [-0.39, 0.29) is 0 Å². The summed E-state index contributed by atoms with van der Waals surface area (Å²) < 4.78 is 0. The highest BCUT2D eigenvalue weighted by Gasteiger charge is 1.68. The number of hydrogen-bond donors (Lipinski definition) is 0. The zero-order chi connectivity index (χ0) is 6.99. The molecule has 0 radical (unpaired) electrons. The Labute approximate surface area is 53.3 Å². The van der Waals surface area contributed by atoms with Gasteiger partial charge in [-0.05, 0) is 5.92 Å². The summed E-state index contributed by atoms with van der Waals surface area (Å²) in [4.78, 5) is 0. The first-order valence-corrected chi connectivity index (χ1v) is 3.08. The van der Waals surface area contributed by atoms with E-state index in [9.17, 15) is 0 Å². The van der Waals surface area contributed by atoms with E-state index in [4.69, 9.17) is 6.42 Å². The predicted molar refractivity (Wildman–Crippen MR) is 39.6 cm³/mol. The summed E-state index contributed by atoms with van der Waals surface area (Å²) >= 11 is 0. The fourth-order valence-electron chi connectivity index (χ4n) is 0. The molecule has 0 unspecified atom stereocenters.